The molecule has 6 heteroatoms. The van der Waals surface area contributed by atoms with Gasteiger partial charge in [-0.15, -0.1) is 0 Å². The van der Waals surface area contributed by atoms with Crippen LogP contribution in [-0.4, -0.2) is 25.0 Å². The molecule has 2 N–H and O–H groups in total. The van der Waals surface area contributed by atoms with Crippen molar-refractivity contribution in [3.05, 3.63) is 60.2 Å². The molecule has 0 atom stereocenters. The monoisotopic (exact) mass is 328 g/mol. The zero-order valence-corrected chi connectivity index (χ0v) is 13.5. The maximum absolute atomic E-state index is 11.8. The zero-order valence-electron chi connectivity index (χ0n) is 13.5. The van der Waals surface area contributed by atoms with Crippen LogP contribution in [0.5, 0.6) is 11.5 Å². The third kappa shape index (κ3) is 5.64. The Labute approximate surface area is 140 Å². The Morgan fingerprint density at radius 3 is 2.12 bits per heavy atom. The maximum atomic E-state index is 11.8. The quantitative estimate of drug-likeness (QED) is 0.765. The van der Waals surface area contributed by atoms with E-state index in [-0.39, 0.29) is 12.5 Å². The number of nitrogens with one attached hydrogen (secondary N) is 2. The number of hydrazine groups is 1. The molecule has 126 valence electrons. The van der Waals surface area contributed by atoms with E-state index in [4.69, 9.17) is 9.47 Å². The van der Waals surface area contributed by atoms with E-state index in [1.165, 1.54) is 0 Å². The highest BCUT2D eigenvalue weighted by molar-refractivity contribution is 5.95. The Morgan fingerprint density at radius 1 is 0.875 bits per heavy atom. The van der Waals surface area contributed by atoms with Gasteiger partial charge in [0.2, 0.25) is 0 Å². The van der Waals surface area contributed by atoms with Crippen LogP contribution in [0.25, 0.3) is 0 Å². The van der Waals surface area contributed by atoms with Gasteiger partial charge in [-0.2, -0.15) is 0 Å². The topological polar surface area (TPSA) is 76.7 Å². The van der Waals surface area contributed by atoms with Gasteiger partial charge in [-0.25, -0.2) is 0 Å². The number of rotatable bonds is 7. The van der Waals surface area contributed by atoms with E-state index in [9.17, 15) is 9.59 Å². The van der Waals surface area contributed by atoms with E-state index < -0.39 is 5.91 Å². The molecule has 0 aliphatic rings. The van der Waals surface area contributed by atoms with Crippen LogP contribution in [0.1, 0.15) is 23.7 Å². The van der Waals surface area contributed by atoms with Crippen molar-refractivity contribution < 1.29 is 19.1 Å². The molecule has 2 aromatic carbocycles. The summed E-state index contributed by atoms with van der Waals surface area (Å²) in [5.41, 5.74) is 5.09. The van der Waals surface area contributed by atoms with Crippen LogP contribution < -0.4 is 20.3 Å². The van der Waals surface area contributed by atoms with Crippen LogP contribution in [-0.2, 0) is 4.79 Å². The summed E-state index contributed by atoms with van der Waals surface area (Å²) in [6.07, 6.45) is 0.938. The van der Waals surface area contributed by atoms with Gasteiger partial charge in [0.15, 0.2) is 6.61 Å². The van der Waals surface area contributed by atoms with Gasteiger partial charge in [0.05, 0.1) is 6.61 Å². The maximum Gasteiger partial charge on any atom is 0.276 e. The summed E-state index contributed by atoms with van der Waals surface area (Å²) in [5, 5.41) is 0. The summed E-state index contributed by atoms with van der Waals surface area (Å²) in [6.45, 7) is 2.49. The number of benzene rings is 2. The molecule has 0 bridgehead atoms. The van der Waals surface area contributed by atoms with Crippen LogP contribution >= 0.6 is 0 Å². The molecule has 0 saturated heterocycles. The predicted molar refractivity (Wildman–Crippen MR) is 89.8 cm³/mol. The van der Waals surface area contributed by atoms with Crippen molar-refractivity contribution >= 4 is 11.8 Å². The van der Waals surface area contributed by atoms with Crippen molar-refractivity contribution in [1.29, 1.82) is 0 Å². The Morgan fingerprint density at radius 2 is 1.50 bits per heavy atom. The van der Waals surface area contributed by atoms with Crippen molar-refractivity contribution in [2.75, 3.05) is 13.2 Å². The Bertz CT molecular complexity index is 656. The van der Waals surface area contributed by atoms with E-state index in [2.05, 4.69) is 10.9 Å². The summed E-state index contributed by atoms with van der Waals surface area (Å²) < 4.78 is 10.8. The first kappa shape index (κ1) is 17.3. The Hall–Kier alpha value is -3.02. The van der Waals surface area contributed by atoms with Crippen LogP contribution in [0.2, 0.25) is 0 Å². The Kier molecular flexibility index (Phi) is 6.64. The molecule has 0 saturated carbocycles. The van der Waals surface area contributed by atoms with Gasteiger partial charge < -0.3 is 9.47 Å². The van der Waals surface area contributed by atoms with Crippen LogP contribution in [0, 0.1) is 0 Å². The van der Waals surface area contributed by atoms with Gasteiger partial charge in [0, 0.05) is 5.56 Å². The van der Waals surface area contributed by atoms with Crippen molar-refractivity contribution in [3.8, 4) is 11.5 Å². The molecule has 24 heavy (non-hydrogen) atoms. The van der Waals surface area contributed by atoms with Crippen molar-refractivity contribution in [2.24, 2.45) is 0 Å². The first-order valence-electron chi connectivity index (χ1n) is 7.69. The molecular formula is C18H20N2O4. The first-order chi connectivity index (χ1) is 11.7. The predicted octanol–water partition coefficient (Wildman–Crippen LogP) is 2.32. The summed E-state index contributed by atoms with van der Waals surface area (Å²) >= 11 is 0. The van der Waals surface area contributed by atoms with E-state index in [0.717, 1.165) is 12.2 Å². The summed E-state index contributed by atoms with van der Waals surface area (Å²) in [4.78, 5) is 23.5. The number of amides is 2. The van der Waals surface area contributed by atoms with Crippen molar-refractivity contribution in [2.45, 2.75) is 13.3 Å². The highest BCUT2D eigenvalue weighted by Gasteiger charge is 2.07. The number of carbonyl (C=O) groups excluding carboxylic acids is 2. The second-order valence-corrected chi connectivity index (χ2v) is 4.98. The molecule has 0 aliphatic heterocycles. The smallest absolute Gasteiger partial charge is 0.276 e. The highest BCUT2D eigenvalue weighted by atomic mass is 16.5. The minimum atomic E-state index is -0.453. The summed E-state index contributed by atoms with van der Waals surface area (Å²) in [5.74, 6) is 0.458. The molecule has 0 radical (unpaired) electrons. The Balaban J connectivity index is 1.72. The van der Waals surface area contributed by atoms with E-state index >= 15 is 0 Å². The van der Waals surface area contributed by atoms with Gasteiger partial charge in [-0.3, -0.25) is 20.4 Å². The molecule has 0 unspecified atom stereocenters. The minimum Gasteiger partial charge on any atom is -0.494 e. The lowest BCUT2D eigenvalue weighted by molar-refractivity contribution is -0.123. The third-order valence-electron chi connectivity index (χ3n) is 3.02. The normalized spacial score (nSPS) is 9.88. The summed E-state index contributed by atoms with van der Waals surface area (Å²) in [6, 6.07) is 15.6. The minimum absolute atomic E-state index is 0.204. The molecule has 6 nitrogen and oxygen atoms in total. The largest absolute Gasteiger partial charge is 0.494 e. The zero-order chi connectivity index (χ0) is 17.2. The molecule has 0 heterocycles. The van der Waals surface area contributed by atoms with Gasteiger partial charge in [0.25, 0.3) is 11.8 Å². The first-order valence-corrected chi connectivity index (χ1v) is 7.69. The number of ether oxygens (including phenoxy) is 2. The fraction of sp³-hybridized carbons (Fsp3) is 0.222. The van der Waals surface area contributed by atoms with Crippen molar-refractivity contribution in [3.63, 3.8) is 0 Å². The molecule has 2 rings (SSSR count). The van der Waals surface area contributed by atoms with Crippen molar-refractivity contribution in [1.82, 2.24) is 10.9 Å². The second kappa shape index (κ2) is 9.19. The number of carbonyl (C=O) groups is 2. The molecule has 2 aromatic rings. The lowest BCUT2D eigenvalue weighted by atomic mass is 10.2. The fourth-order valence-corrected chi connectivity index (χ4v) is 1.83. The van der Waals surface area contributed by atoms with Gasteiger partial charge in [-0.1, -0.05) is 25.1 Å². The fourth-order valence-electron chi connectivity index (χ4n) is 1.83. The summed E-state index contributed by atoms with van der Waals surface area (Å²) in [7, 11) is 0. The average Bonchev–Trinajstić information content (AvgIpc) is 2.64. The van der Waals surface area contributed by atoms with E-state index in [1.54, 1.807) is 48.5 Å². The van der Waals surface area contributed by atoms with Crippen LogP contribution in [0.4, 0.5) is 0 Å². The number of hydrogen-bond acceptors (Lipinski definition) is 4. The second-order valence-electron chi connectivity index (χ2n) is 4.98. The number of hydrogen-bond donors (Lipinski definition) is 2. The molecule has 0 fully saturated rings. The molecule has 2 amide bonds. The molecule has 0 spiro atoms. The lowest BCUT2D eigenvalue weighted by Crippen LogP contribution is -2.43. The molecule has 0 aromatic heterocycles. The van der Waals surface area contributed by atoms with E-state index in [1.807, 2.05) is 13.0 Å². The van der Waals surface area contributed by atoms with E-state index in [0.29, 0.717) is 17.9 Å². The lowest BCUT2D eigenvalue weighted by Gasteiger charge is -2.09. The van der Waals surface area contributed by atoms with Gasteiger partial charge >= 0.3 is 0 Å². The molecular weight excluding hydrogens is 308 g/mol. The standard InChI is InChI=1S/C18H20N2O4/c1-2-12-23-15-8-10-16(11-9-15)24-13-17(21)19-20-18(22)14-6-4-3-5-7-14/h3-11H,2,12-13H2,1H3,(H,19,21)(H,20,22). The SMILES string of the molecule is CCCOc1ccc(OCC(=O)NNC(=O)c2ccccc2)cc1. The highest BCUT2D eigenvalue weighted by Crippen LogP contribution is 2.17. The van der Waals surface area contributed by atoms with Crippen LogP contribution in [0.15, 0.2) is 54.6 Å². The third-order valence-corrected chi connectivity index (χ3v) is 3.02. The average molecular weight is 328 g/mol. The van der Waals surface area contributed by atoms with Gasteiger partial charge in [0.1, 0.15) is 11.5 Å². The van der Waals surface area contributed by atoms with Crippen LogP contribution in [0.3, 0.4) is 0 Å². The molecule has 0 aliphatic carbocycles. The van der Waals surface area contributed by atoms with Gasteiger partial charge in [-0.05, 0) is 42.8 Å².